The van der Waals surface area contributed by atoms with Gasteiger partial charge in [-0.2, -0.15) is 0 Å². The van der Waals surface area contributed by atoms with E-state index in [9.17, 15) is 4.79 Å². The van der Waals surface area contributed by atoms with E-state index >= 15 is 0 Å². The molecule has 3 nitrogen and oxygen atoms in total. The highest BCUT2D eigenvalue weighted by Crippen LogP contribution is 2.27. The Labute approximate surface area is 103 Å². The summed E-state index contributed by atoms with van der Waals surface area (Å²) in [5.41, 5.74) is 1.26. The number of benzene rings is 1. The zero-order valence-corrected chi connectivity index (χ0v) is 10.5. The van der Waals surface area contributed by atoms with Crippen molar-refractivity contribution in [2.75, 3.05) is 20.6 Å². The van der Waals surface area contributed by atoms with Crippen LogP contribution in [0.2, 0.25) is 0 Å². The normalized spacial score (nSPS) is 21.9. The second kappa shape index (κ2) is 5.32. The average Bonchev–Trinajstić information content (AvgIpc) is 2.68. The van der Waals surface area contributed by atoms with Gasteiger partial charge in [-0.1, -0.05) is 30.3 Å². The van der Waals surface area contributed by atoms with Crippen LogP contribution in [0.1, 0.15) is 24.4 Å². The molecule has 1 amide bonds. The van der Waals surface area contributed by atoms with Gasteiger partial charge >= 0.3 is 0 Å². The quantitative estimate of drug-likeness (QED) is 0.858. The van der Waals surface area contributed by atoms with Crippen LogP contribution in [-0.4, -0.2) is 31.4 Å². The maximum atomic E-state index is 11.9. The summed E-state index contributed by atoms with van der Waals surface area (Å²) in [4.78, 5) is 13.7. The van der Waals surface area contributed by atoms with Crippen molar-refractivity contribution < 1.29 is 4.79 Å². The third-order valence-electron chi connectivity index (χ3n) is 3.61. The monoisotopic (exact) mass is 232 g/mol. The average molecular weight is 232 g/mol. The number of hydrogen-bond donors (Lipinski definition) is 1. The molecule has 1 aliphatic heterocycles. The number of rotatable bonds is 4. The first-order valence-electron chi connectivity index (χ1n) is 6.19. The highest BCUT2D eigenvalue weighted by Gasteiger charge is 2.30. The molecule has 1 saturated heterocycles. The lowest BCUT2D eigenvalue weighted by molar-refractivity contribution is -0.130. The molecule has 2 rings (SSSR count). The van der Waals surface area contributed by atoms with Crippen LogP contribution in [0.5, 0.6) is 0 Å². The molecule has 0 aliphatic carbocycles. The Morgan fingerprint density at radius 1 is 1.41 bits per heavy atom. The largest absolute Gasteiger partial charge is 0.345 e. The molecule has 3 heteroatoms. The van der Waals surface area contributed by atoms with E-state index in [2.05, 4.69) is 17.4 Å². The summed E-state index contributed by atoms with van der Waals surface area (Å²) in [6.07, 6.45) is 1.88. The van der Waals surface area contributed by atoms with Gasteiger partial charge in [0.2, 0.25) is 5.91 Å². The number of likely N-dealkylation sites (tertiary alicyclic amines) is 1. The van der Waals surface area contributed by atoms with Crippen LogP contribution in [0.4, 0.5) is 0 Å². The topological polar surface area (TPSA) is 32.3 Å². The third kappa shape index (κ3) is 2.67. The van der Waals surface area contributed by atoms with Crippen LogP contribution in [0.25, 0.3) is 0 Å². The fraction of sp³-hybridized carbons (Fsp3) is 0.500. The Bertz CT molecular complexity index is 377. The van der Waals surface area contributed by atoms with Gasteiger partial charge in [0.25, 0.3) is 0 Å². The zero-order chi connectivity index (χ0) is 12.3. The van der Waals surface area contributed by atoms with Gasteiger partial charge in [-0.15, -0.1) is 0 Å². The molecule has 1 aliphatic rings. The van der Waals surface area contributed by atoms with Gasteiger partial charge in [0.15, 0.2) is 0 Å². The minimum Gasteiger partial charge on any atom is -0.345 e. The van der Waals surface area contributed by atoms with E-state index in [-0.39, 0.29) is 12.0 Å². The van der Waals surface area contributed by atoms with Gasteiger partial charge in [0.1, 0.15) is 0 Å². The van der Waals surface area contributed by atoms with Crippen molar-refractivity contribution in [3.05, 3.63) is 35.9 Å². The maximum Gasteiger partial charge on any atom is 0.225 e. The van der Waals surface area contributed by atoms with Gasteiger partial charge in [-0.25, -0.2) is 0 Å². The second-order valence-corrected chi connectivity index (χ2v) is 4.73. The highest BCUT2D eigenvalue weighted by atomic mass is 16.2. The minimum atomic E-state index is 0.178. The SMILES string of the molecule is CNC(CC1CCN(C)C1=O)c1ccccc1. The number of carbonyl (C=O) groups excluding carboxylic acids is 1. The molecule has 0 saturated carbocycles. The Hall–Kier alpha value is -1.35. The number of nitrogens with one attached hydrogen (secondary N) is 1. The fourth-order valence-electron chi connectivity index (χ4n) is 2.50. The lowest BCUT2D eigenvalue weighted by atomic mass is 9.94. The number of amides is 1. The molecule has 2 unspecified atom stereocenters. The molecule has 1 aromatic rings. The first kappa shape index (κ1) is 12.1. The highest BCUT2D eigenvalue weighted by molar-refractivity contribution is 5.80. The standard InChI is InChI=1S/C14H20N2O/c1-15-13(11-6-4-3-5-7-11)10-12-8-9-16(2)14(12)17/h3-7,12-13,15H,8-10H2,1-2H3. The summed E-state index contributed by atoms with van der Waals surface area (Å²) in [5, 5.41) is 3.31. The van der Waals surface area contributed by atoms with Crippen molar-refractivity contribution in [3.8, 4) is 0 Å². The van der Waals surface area contributed by atoms with Crippen LogP contribution in [0, 0.1) is 5.92 Å². The van der Waals surface area contributed by atoms with E-state index in [0.717, 1.165) is 19.4 Å². The van der Waals surface area contributed by atoms with E-state index in [1.54, 1.807) is 0 Å². The summed E-state index contributed by atoms with van der Waals surface area (Å²) in [6.45, 7) is 0.898. The van der Waals surface area contributed by atoms with Gasteiger partial charge in [-0.05, 0) is 25.5 Å². The predicted octanol–water partition coefficient (Wildman–Crippen LogP) is 1.82. The van der Waals surface area contributed by atoms with Gasteiger partial charge in [-0.3, -0.25) is 4.79 Å². The van der Waals surface area contributed by atoms with Crippen LogP contribution in [-0.2, 0) is 4.79 Å². The lowest BCUT2D eigenvalue weighted by Crippen LogP contribution is -2.26. The molecular weight excluding hydrogens is 212 g/mol. The third-order valence-corrected chi connectivity index (χ3v) is 3.61. The molecule has 2 atom stereocenters. The molecule has 92 valence electrons. The van der Waals surface area contributed by atoms with Crippen LogP contribution in [0.15, 0.2) is 30.3 Å². The van der Waals surface area contributed by atoms with E-state index in [0.29, 0.717) is 5.91 Å². The van der Waals surface area contributed by atoms with Crippen molar-refractivity contribution in [1.82, 2.24) is 10.2 Å². The maximum absolute atomic E-state index is 11.9. The Balaban J connectivity index is 2.04. The molecule has 17 heavy (non-hydrogen) atoms. The van der Waals surface area contributed by atoms with Crippen molar-refractivity contribution in [3.63, 3.8) is 0 Å². The van der Waals surface area contributed by atoms with Crippen molar-refractivity contribution in [1.29, 1.82) is 0 Å². The molecule has 0 aromatic heterocycles. The summed E-state index contributed by atoms with van der Waals surface area (Å²) < 4.78 is 0. The molecule has 1 aromatic carbocycles. The fourth-order valence-corrected chi connectivity index (χ4v) is 2.50. The van der Waals surface area contributed by atoms with E-state index < -0.39 is 0 Å². The van der Waals surface area contributed by atoms with Crippen molar-refractivity contribution >= 4 is 5.91 Å². The van der Waals surface area contributed by atoms with E-state index in [1.807, 2.05) is 37.2 Å². The van der Waals surface area contributed by atoms with Crippen molar-refractivity contribution in [2.45, 2.75) is 18.9 Å². The Kier molecular flexibility index (Phi) is 3.79. The number of carbonyl (C=O) groups is 1. The molecular formula is C14H20N2O. The summed E-state index contributed by atoms with van der Waals surface area (Å²) >= 11 is 0. The predicted molar refractivity (Wildman–Crippen MR) is 68.6 cm³/mol. The van der Waals surface area contributed by atoms with E-state index in [4.69, 9.17) is 0 Å². The Morgan fingerprint density at radius 2 is 2.12 bits per heavy atom. The minimum absolute atomic E-state index is 0.178. The molecule has 1 N–H and O–H groups in total. The van der Waals surface area contributed by atoms with Gasteiger partial charge in [0.05, 0.1) is 0 Å². The molecule has 0 spiro atoms. The second-order valence-electron chi connectivity index (χ2n) is 4.73. The molecule has 1 heterocycles. The first-order chi connectivity index (χ1) is 8.22. The molecule has 1 fully saturated rings. The van der Waals surface area contributed by atoms with Gasteiger partial charge < -0.3 is 10.2 Å². The number of hydrogen-bond acceptors (Lipinski definition) is 2. The van der Waals surface area contributed by atoms with Crippen LogP contribution < -0.4 is 5.32 Å². The first-order valence-corrected chi connectivity index (χ1v) is 6.19. The summed E-state index contributed by atoms with van der Waals surface area (Å²) in [5.74, 6) is 0.471. The van der Waals surface area contributed by atoms with Gasteiger partial charge in [0, 0.05) is 25.6 Å². The van der Waals surface area contributed by atoms with Crippen LogP contribution in [0.3, 0.4) is 0 Å². The lowest BCUT2D eigenvalue weighted by Gasteiger charge is -2.19. The zero-order valence-electron chi connectivity index (χ0n) is 10.5. The van der Waals surface area contributed by atoms with E-state index in [1.165, 1.54) is 5.56 Å². The molecule has 0 radical (unpaired) electrons. The Morgan fingerprint density at radius 3 is 2.65 bits per heavy atom. The summed E-state index contributed by atoms with van der Waals surface area (Å²) in [6, 6.07) is 10.6. The molecule has 0 bridgehead atoms. The summed E-state index contributed by atoms with van der Waals surface area (Å²) in [7, 11) is 3.85. The smallest absolute Gasteiger partial charge is 0.225 e. The number of nitrogens with zero attached hydrogens (tertiary/aromatic N) is 1. The van der Waals surface area contributed by atoms with Crippen molar-refractivity contribution in [2.24, 2.45) is 5.92 Å². The van der Waals surface area contributed by atoms with Crippen LogP contribution >= 0.6 is 0 Å².